The first-order valence-corrected chi connectivity index (χ1v) is 11.1. The molecule has 0 spiro atoms. The number of amides is 2. The third-order valence-electron chi connectivity index (χ3n) is 5.09. The van der Waals surface area contributed by atoms with Gasteiger partial charge in [0, 0.05) is 24.6 Å². The summed E-state index contributed by atoms with van der Waals surface area (Å²) in [5, 5.41) is 10.4. The van der Waals surface area contributed by atoms with Crippen LogP contribution in [0.25, 0.3) is 16.9 Å². The normalized spacial score (nSPS) is 10.6. The maximum atomic E-state index is 12.6. The molecule has 4 rings (SSSR count). The minimum absolute atomic E-state index is 0.167. The maximum Gasteiger partial charge on any atom is 0.255 e. The summed E-state index contributed by atoms with van der Waals surface area (Å²) in [6.45, 7) is 2.71. The molecule has 8 nitrogen and oxygen atoms in total. The quantitative estimate of drug-likeness (QED) is 0.336. The number of anilines is 1. The second kappa shape index (κ2) is 11.0. The van der Waals surface area contributed by atoms with Gasteiger partial charge in [-0.2, -0.15) is 5.10 Å². The molecule has 2 heterocycles. The zero-order valence-corrected chi connectivity index (χ0v) is 18.9. The Morgan fingerprint density at radius 1 is 1.06 bits per heavy atom. The predicted molar refractivity (Wildman–Crippen MR) is 129 cm³/mol. The number of para-hydroxylation sites is 2. The van der Waals surface area contributed by atoms with E-state index in [0.29, 0.717) is 42.4 Å². The molecular weight excluding hydrogens is 432 g/mol. The number of hydrogen-bond acceptors (Lipinski definition) is 5. The second-order valence-electron chi connectivity index (χ2n) is 7.51. The highest BCUT2D eigenvalue weighted by atomic mass is 16.5. The van der Waals surface area contributed by atoms with Gasteiger partial charge in [0.15, 0.2) is 0 Å². The van der Waals surface area contributed by atoms with E-state index in [1.54, 1.807) is 35.4 Å². The summed E-state index contributed by atoms with van der Waals surface area (Å²) >= 11 is 0. The van der Waals surface area contributed by atoms with Crippen LogP contribution < -0.4 is 15.4 Å². The standard InChI is InChI=1S/C26H26N4O4/c1-2-34-23-12-7-6-11-21(23)26(32)27-15-8-13-25(31)28-24-17-22(19-14-16-33-18-19)29-30(24)20-9-4-3-5-10-20/h3-7,9-12,14,16-18H,2,8,13,15H2,1H3,(H,27,32)(H,28,31). The lowest BCUT2D eigenvalue weighted by molar-refractivity contribution is -0.116. The van der Waals surface area contributed by atoms with Gasteiger partial charge in [-0.3, -0.25) is 9.59 Å². The monoisotopic (exact) mass is 458 g/mol. The topological polar surface area (TPSA) is 98.4 Å². The summed E-state index contributed by atoms with van der Waals surface area (Å²) in [6, 6.07) is 20.3. The number of carbonyl (C=O) groups is 2. The SMILES string of the molecule is CCOc1ccccc1C(=O)NCCCC(=O)Nc1cc(-c2ccoc2)nn1-c1ccccc1. The molecule has 2 amide bonds. The van der Waals surface area contributed by atoms with Gasteiger partial charge in [0.2, 0.25) is 5.91 Å². The molecule has 0 atom stereocenters. The fraction of sp³-hybridized carbons (Fsp3) is 0.192. The molecule has 2 aromatic heterocycles. The Labute approximate surface area is 197 Å². The first kappa shape index (κ1) is 22.8. The Balaban J connectivity index is 1.36. The van der Waals surface area contributed by atoms with Crippen molar-refractivity contribution in [1.29, 1.82) is 0 Å². The van der Waals surface area contributed by atoms with Crippen molar-refractivity contribution in [2.45, 2.75) is 19.8 Å². The van der Waals surface area contributed by atoms with Crippen LogP contribution in [0.15, 0.2) is 83.7 Å². The van der Waals surface area contributed by atoms with Gasteiger partial charge < -0.3 is 19.8 Å². The van der Waals surface area contributed by atoms with E-state index in [1.807, 2.05) is 55.5 Å². The second-order valence-corrected chi connectivity index (χ2v) is 7.51. The molecule has 8 heteroatoms. The van der Waals surface area contributed by atoms with Crippen LogP contribution >= 0.6 is 0 Å². The highest BCUT2D eigenvalue weighted by molar-refractivity contribution is 5.97. The molecule has 2 N–H and O–H groups in total. The number of carbonyl (C=O) groups excluding carboxylic acids is 2. The Kier molecular flexibility index (Phi) is 7.39. The third-order valence-corrected chi connectivity index (χ3v) is 5.09. The van der Waals surface area contributed by atoms with Crippen LogP contribution in [0.2, 0.25) is 0 Å². The van der Waals surface area contributed by atoms with E-state index in [-0.39, 0.29) is 18.2 Å². The number of nitrogens with zero attached hydrogens (tertiary/aromatic N) is 2. The van der Waals surface area contributed by atoms with Gasteiger partial charge in [-0.15, -0.1) is 0 Å². The van der Waals surface area contributed by atoms with E-state index in [9.17, 15) is 9.59 Å². The zero-order valence-electron chi connectivity index (χ0n) is 18.9. The summed E-state index contributed by atoms with van der Waals surface area (Å²) in [5.74, 6) is 0.709. The molecule has 0 saturated carbocycles. The maximum absolute atomic E-state index is 12.6. The van der Waals surface area contributed by atoms with Crippen LogP contribution in [-0.2, 0) is 4.79 Å². The van der Waals surface area contributed by atoms with Crippen molar-refractivity contribution >= 4 is 17.6 Å². The van der Waals surface area contributed by atoms with E-state index in [2.05, 4.69) is 15.7 Å². The highest BCUT2D eigenvalue weighted by Crippen LogP contribution is 2.25. The van der Waals surface area contributed by atoms with Gasteiger partial charge in [-0.05, 0) is 43.7 Å². The number of rotatable bonds is 10. The van der Waals surface area contributed by atoms with Crippen LogP contribution in [0.3, 0.4) is 0 Å². The number of hydrogen-bond donors (Lipinski definition) is 2. The van der Waals surface area contributed by atoms with Crippen molar-refractivity contribution in [3.63, 3.8) is 0 Å². The first-order chi connectivity index (χ1) is 16.7. The molecule has 0 fully saturated rings. The first-order valence-electron chi connectivity index (χ1n) is 11.1. The summed E-state index contributed by atoms with van der Waals surface area (Å²) in [6.07, 6.45) is 3.92. The van der Waals surface area contributed by atoms with E-state index < -0.39 is 0 Å². The fourth-order valence-corrected chi connectivity index (χ4v) is 3.47. The Morgan fingerprint density at radius 2 is 1.85 bits per heavy atom. The molecule has 0 aliphatic rings. The van der Waals surface area contributed by atoms with Crippen LogP contribution in [0.5, 0.6) is 5.75 Å². The highest BCUT2D eigenvalue weighted by Gasteiger charge is 2.15. The molecular formula is C26H26N4O4. The summed E-state index contributed by atoms with van der Waals surface area (Å²) < 4.78 is 12.4. The lowest BCUT2D eigenvalue weighted by Crippen LogP contribution is -2.26. The molecule has 174 valence electrons. The summed E-state index contributed by atoms with van der Waals surface area (Å²) in [4.78, 5) is 25.1. The van der Waals surface area contributed by atoms with Crippen molar-refractivity contribution in [1.82, 2.24) is 15.1 Å². The van der Waals surface area contributed by atoms with E-state index in [0.717, 1.165) is 11.3 Å². The van der Waals surface area contributed by atoms with Gasteiger partial charge in [0.1, 0.15) is 11.6 Å². The molecule has 0 bridgehead atoms. The molecule has 0 aliphatic heterocycles. The van der Waals surface area contributed by atoms with Crippen molar-refractivity contribution < 1.29 is 18.7 Å². The third kappa shape index (κ3) is 5.53. The number of benzene rings is 2. The van der Waals surface area contributed by atoms with E-state index >= 15 is 0 Å². The van der Waals surface area contributed by atoms with E-state index in [4.69, 9.17) is 9.15 Å². The fourth-order valence-electron chi connectivity index (χ4n) is 3.47. The van der Waals surface area contributed by atoms with Crippen LogP contribution in [0, 0.1) is 0 Å². The number of nitrogens with one attached hydrogen (secondary N) is 2. The molecule has 0 unspecified atom stereocenters. The minimum atomic E-state index is -0.226. The summed E-state index contributed by atoms with van der Waals surface area (Å²) in [7, 11) is 0. The van der Waals surface area contributed by atoms with Crippen molar-refractivity contribution in [3.05, 3.63) is 84.8 Å². The van der Waals surface area contributed by atoms with Crippen LogP contribution in [0.1, 0.15) is 30.1 Å². The Hall–Kier alpha value is -4.33. The largest absolute Gasteiger partial charge is 0.493 e. The number of furan rings is 1. The molecule has 0 saturated heterocycles. The minimum Gasteiger partial charge on any atom is -0.493 e. The molecule has 2 aromatic carbocycles. The number of aromatic nitrogens is 2. The number of ether oxygens (including phenoxy) is 1. The summed E-state index contributed by atoms with van der Waals surface area (Å²) in [5.41, 5.74) is 2.81. The average Bonchev–Trinajstić information content (AvgIpc) is 3.53. The van der Waals surface area contributed by atoms with Gasteiger partial charge in [-0.1, -0.05) is 30.3 Å². The van der Waals surface area contributed by atoms with Crippen LogP contribution in [-0.4, -0.2) is 34.7 Å². The average molecular weight is 459 g/mol. The molecule has 34 heavy (non-hydrogen) atoms. The Bertz CT molecular complexity index is 1230. The van der Waals surface area contributed by atoms with Gasteiger partial charge in [0.05, 0.1) is 36.1 Å². The van der Waals surface area contributed by atoms with Gasteiger partial charge in [0.25, 0.3) is 5.91 Å². The van der Waals surface area contributed by atoms with Gasteiger partial charge >= 0.3 is 0 Å². The lowest BCUT2D eigenvalue weighted by atomic mass is 10.2. The van der Waals surface area contributed by atoms with E-state index in [1.165, 1.54) is 0 Å². The van der Waals surface area contributed by atoms with Crippen molar-refractivity contribution in [2.75, 3.05) is 18.5 Å². The zero-order chi connectivity index (χ0) is 23.8. The smallest absolute Gasteiger partial charge is 0.255 e. The van der Waals surface area contributed by atoms with Gasteiger partial charge in [-0.25, -0.2) is 4.68 Å². The molecule has 4 aromatic rings. The predicted octanol–water partition coefficient (Wildman–Crippen LogP) is 4.68. The Morgan fingerprint density at radius 3 is 2.62 bits per heavy atom. The van der Waals surface area contributed by atoms with Crippen molar-refractivity contribution in [2.24, 2.45) is 0 Å². The van der Waals surface area contributed by atoms with Crippen molar-refractivity contribution in [3.8, 4) is 22.7 Å². The van der Waals surface area contributed by atoms with Crippen LogP contribution in [0.4, 0.5) is 5.82 Å². The lowest BCUT2D eigenvalue weighted by Gasteiger charge is -2.11. The molecule has 0 radical (unpaired) electrons. The molecule has 0 aliphatic carbocycles.